The quantitative estimate of drug-likeness (QED) is 0.503. The average Bonchev–Trinajstić information content (AvgIpc) is 3.41. The van der Waals surface area contributed by atoms with E-state index in [9.17, 15) is 4.79 Å². The van der Waals surface area contributed by atoms with Crippen molar-refractivity contribution in [1.29, 1.82) is 0 Å². The molecule has 0 aromatic carbocycles. The summed E-state index contributed by atoms with van der Waals surface area (Å²) in [5.41, 5.74) is 2.16. The number of aromatic nitrogens is 4. The van der Waals surface area contributed by atoms with E-state index < -0.39 is 0 Å². The number of hydrogen-bond donors (Lipinski definition) is 0. The third-order valence-electron chi connectivity index (χ3n) is 3.83. The fourth-order valence-corrected chi connectivity index (χ4v) is 2.55. The molecule has 0 saturated heterocycles. The second-order valence-electron chi connectivity index (χ2n) is 5.49. The summed E-state index contributed by atoms with van der Waals surface area (Å²) in [7, 11) is 0. The van der Waals surface area contributed by atoms with Gasteiger partial charge in [-0.3, -0.25) is 4.79 Å². The third kappa shape index (κ3) is 2.90. The van der Waals surface area contributed by atoms with Gasteiger partial charge in [0.25, 0.3) is 0 Å². The normalized spacial score (nSPS) is 10.8. The highest BCUT2D eigenvalue weighted by atomic mass is 16.3. The van der Waals surface area contributed by atoms with Gasteiger partial charge in [0.2, 0.25) is 5.82 Å². The number of carbonyl (C=O) groups is 1. The van der Waals surface area contributed by atoms with Crippen LogP contribution in [0.15, 0.2) is 64.0 Å². The highest BCUT2D eigenvalue weighted by molar-refractivity contribution is 5.95. The van der Waals surface area contributed by atoms with Gasteiger partial charge in [-0.2, -0.15) is 5.10 Å². The Bertz CT molecular complexity index is 1040. The van der Waals surface area contributed by atoms with Crippen molar-refractivity contribution < 1.29 is 13.6 Å². The van der Waals surface area contributed by atoms with Crippen molar-refractivity contribution in [1.82, 2.24) is 20.2 Å². The molecule has 4 rings (SSSR count). The topological polar surface area (TPSA) is 94.9 Å². The molecular weight excluding hydrogens is 332 g/mol. The minimum Gasteiger partial charge on any atom is -0.463 e. The lowest BCUT2D eigenvalue weighted by Crippen LogP contribution is -2.03. The van der Waals surface area contributed by atoms with E-state index in [0.717, 1.165) is 0 Å². The summed E-state index contributed by atoms with van der Waals surface area (Å²) in [6.07, 6.45) is 5.02. The zero-order valence-electron chi connectivity index (χ0n) is 13.9. The molecule has 7 nitrogen and oxygen atoms in total. The summed E-state index contributed by atoms with van der Waals surface area (Å²) in [5, 5.41) is 8.02. The Labute approximate surface area is 148 Å². The fourth-order valence-electron chi connectivity index (χ4n) is 2.55. The maximum Gasteiger partial charge on any atom is 0.218 e. The molecule has 0 atom stereocenters. The second-order valence-corrected chi connectivity index (χ2v) is 5.49. The number of Topliss-reactive ketones (excluding diaryl/α,β-unsaturated/α-hetero) is 1. The Balaban J connectivity index is 1.86. The molecule has 0 aliphatic heterocycles. The van der Waals surface area contributed by atoms with Crippen LogP contribution >= 0.6 is 0 Å². The number of nitrogens with zero attached hydrogens (tertiary/aromatic N) is 4. The van der Waals surface area contributed by atoms with Gasteiger partial charge >= 0.3 is 0 Å². The van der Waals surface area contributed by atoms with Crippen LogP contribution in [-0.2, 0) is 0 Å². The lowest BCUT2D eigenvalue weighted by molar-refractivity contribution is 0.0983. The van der Waals surface area contributed by atoms with E-state index >= 15 is 0 Å². The lowest BCUT2D eigenvalue weighted by atomic mass is 10.1. The minimum atomic E-state index is -0.0403. The molecule has 0 N–H and O–H groups in total. The zero-order valence-corrected chi connectivity index (χ0v) is 13.9. The average molecular weight is 346 g/mol. The van der Waals surface area contributed by atoms with Gasteiger partial charge in [-0.05, 0) is 36.4 Å². The van der Waals surface area contributed by atoms with Crippen LogP contribution in [0, 0.1) is 0 Å². The standard InChI is InChI=1S/C19H14N4O3/c1-2-15(24)13-8-7-12(18(21-13)16-5-3-9-25-16)14-11-20-23-19(22-14)17-6-4-10-26-17/h3-11H,2H2,1H3. The Kier molecular flexibility index (Phi) is 4.10. The summed E-state index contributed by atoms with van der Waals surface area (Å²) in [6, 6.07) is 10.5. The number of rotatable bonds is 5. The molecule has 0 radical (unpaired) electrons. The molecule has 128 valence electrons. The number of pyridine rings is 1. The fraction of sp³-hybridized carbons (Fsp3) is 0.105. The van der Waals surface area contributed by atoms with Crippen molar-refractivity contribution in [3.8, 4) is 34.3 Å². The first-order chi connectivity index (χ1) is 12.8. The molecule has 0 bridgehead atoms. The summed E-state index contributed by atoms with van der Waals surface area (Å²) in [4.78, 5) is 21.1. The highest BCUT2D eigenvalue weighted by Gasteiger charge is 2.17. The molecule has 26 heavy (non-hydrogen) atoms. The molecule has 0 aliphatic rings. The second kappa shape index (κ2) is 6.72. The van der Waals surface area contributed by atoms with Crippen LogP contribution in [0.1, 0.15) is 23.8 Å². The van der Waals surface area contributed by atoms with Crippen molar-refractivity contribution in [3.05, 3.63) is 60.8 Å². The van der Waals surface area contributed by atoms with Gasteiger partial charge in [-0.1, -0.05) is 6.92 Å². The Morgan fingerprint density at radius 2 is 1.77 bits per heavy atom. The first-order valence-electron chi connectivity index (χ1n) is 8.08. The van der Waals surface area contributed by atoms with Crippen molar-refractivity contribution in [2.24, 2.45) is 0 Å². The largest absolute Gasteiger partial charge is 0.463 e. The predicted molar refractivity (Wildman–Crippen MR) is 93.1 cm³/mol. The number of furan rings is 2. The van der Waals surface area contributed by atoms with E-state index in [0.29, 0.717) is 46.4 Å². The monoisotopic (exact) mass is 346 g/mol. The molecule has 0 fully saturated rings. The summed E-state index contributed by atoms with van der Waals surface area (Å²) in [5.74, 6) is 1.39. The third-order valence-corrected chi connectivity index (χ3v) is 3.83. The Morgan fingerprint density at radius 1 is 1.00 bits per heavy atom. The predicted octanol–water partition coefficient (Wildman–Crippen LogP) is 4.05. The van der Waals surface area contributed by atoms with E-state index in [1.54, 1.807) is 55.8 Å². The van der Waals surface area contributed by atoms with Crippen molar-refractivity contribution in [3.63, 3.8) is 0 Å². The number of hydrogen-bond acceptors (Lipinski definition) is 7. The van der Waals surface area contributed by atoms with Gasteiger partial charge in [-0.25, -0.2) is 9.97 Å². The first kappa shape index (κ1) is 15.9. The van der Waals surface area contributed by atoms with Crippen LogP contribution in [-0.4, -0.2) is 25.9 Å². The minimum absolute atomic E-state index is 0.0403. The van der Waals surface area contributed by atoms with E-state index in [1.165, 1.54) is 6.20 Å². The van der Waals surface area contributed by atoms with Crippen molar-refractivity contribution >= 4 is 5.78 Å². The summed E-state index contributed by atoms with van der Waals surface area (Å²) >= 11 is 0. The smallest absolute Gasteiger partial charge is 0.218 e. The maximum atomic E-state index is 12.0. The van der Waals surface area contributed by atoms with E-state index in [-0.39, 0.29) is 5.78 Å². The Morgan fingerprint density at radius 3 is 2.46 bits per heavy atom. The van der Waals surface area contributed by atoms with Gasteiger partial charge in [0.05, 0.1) is 24.4 Å². The van der Waals surface area contributed by atoms with E-state index in [1.807, 2.05) is 0 Å². The molecule has 4 aromatic rings. The van der Waals surface area contributed by atoms with E-state index in [4.69, 9.17) is 8.83 Å². The Hall–Kier alpha value is -3.61. The first-order valence-corrected chi connectivity index (χ1v) is 8.08. The molecule has 4 aromatic heterocycles. The van der Waals surface area contributed by atoms with Crippen LogP contribution in [0.3, 0.4) is 0 Å². The molecule has 0 amide bonds. The zero-order chi connectivity index (χ0) is 17.9. The van der Waals surface area contributed by atoms with Crippen LogP contribution in [0.25, 0.3) is 34.3 Å². The molecule has 4 heterocycles. The van der Waals surface area contributed by atoms with Crippen LogP contribution in [0.4, 0.5) is 0 Å². The van der Waals surface area contributed by atoms with Gasteiger partial charge in [0.15, 0.2) is 17.3 Å². The van der Waals surface area contributed by atoms with Crippen molar-refractivity contribution in [2.75, 3.05) is 0 Å². The highest BCUT2D eigenvalue weighted by Crippen LogP contribution is 2.30. The van der Waals surface area contributed by atoms with E-state index in [2.05, 4.69) is 20.2 Å². The van der Waals surface area contributed by atoms with Crippen LogP contribution < -0.4 is 0 Å². The SMILES string of the molecule is CCC(=O)c1ccc(-c2cnnc(-c3ccco3)n2)c(-c2ccco2)n1. The molecule has 7 heteroatoms. The number of carbonyl (C=O) groups excluding carboxylic acids is 1. The van der Waals surface area contributed by atoms with Crippen LogP contribution in [0.2, 0.25) is 0 Å². The maximum absolute atomic E-state index is 12.0. The summed E-state index contributed by atoms with van der Waals surface area (Å²) < 4.78 is 10.8. The lowest BCUT2D eigenvalue weighted by Gasteiger charge is -2.08. The van der Waals surface area contributed by atoms with Crippen molar-refractivity contribution in [2.45, 2.75) is 13.3 Å². The van der Waals surface area contributed by atoms with Gasteiger partial charge in [-0.15, -0.1) is 5.10 Å². The van der Waals surface area contributed by atoms with Gasteiger partial charge in [0.1, 0.15) is 11.4 Å². The molecule has 0 spiro atoms. The summed E-state index contributed by atoms with van der Waals surface area (Å²) in [6.45, 7) is 1.80. The van der Waals surface area contributed by atoms with Crippen LogP contribution in [0.5, 0.6) is 0 Å². The van der Waals surface area contributed by atoms with Gasteiger partial charge in [0, 0.05) is 12.0 Å². The number of ketones is 1. The molecule has 0 aliphatic carbocycles. The molecular formula is C19H14N4O3. The van der Waals surface area contributed by atoms with Gasteiger partial charge < -0.3 is 8.83 Å². The molecule has 0 saturated carbocycles. The molecule has 0 unspecified atom stereocenters.